The number of carbonyl (C=O) groups excluding carboxylic acids is 1. The molecule has 1 aliphatic rings. The highest BCUT2D eigenvalue weighted by molar-refractivity contribution is 5.97. The van der Waals surface area contributed by atoms with Gasteiger partial charge in [-0.25, -0.2) is 0 Å². The van der Waals surface area contributed by atoms with Gasteiger partial charge in [0, 0.05) is 17.8 Å². The lowest BCUT2D eigenvalue weighted by Crippen LogP contribution is -2.41. The normalized spacial score (nSPS) is 16.5. The molecule has 82 valence electrons. The van der Waals surface area contributed by atoms with Gasteiger partial charge in [-0.2, -0.15) is 5.26 Å². The molecular formula is C12H13N3O. The first-order chi connectivity index (χ1) is 7.63. The van der Waals surface area contributed by atoms with E-state index in [0.717, 1.165) is 11.3 Å². The Labute approximate surface area is 94.3 Å². The molecule has 1 aromatic rings. The average molecular weight is 215 g/mol. The van der Waals surface area contributed by atoms with E-state index in [4.69, 9.17) is 11.0 Å². The fourth-order valence-electron chi connectivity index (χ4n) is 2.02. The minimum atomic E-state index is -0.435. The summed E-state index contributed by atoms with van der Waals surface area (Å²) in [6, 6.07) is 7.11. The molecule has 0 fully saturated rings. The summed E-state index contributed by atoms with van der Waals surface area (Å²) >= 11 is 0. The Kier molecular flexibility index (Phi) is 2.53. The molecule has 0 bridgehead atoms. The highest BCUT2D eigenvalue weighted by Gasteiger charge is 2.27. The molecule has 0 spiro atoms. The Balaban J connectivity index is 2.49. The number of nitriles is 1. The third-order valence-electron chi connectivity index (χ3n) is 2.81. The molecule has 16 heavy (non-hydrogen) atoms. The van der Waals surface area contributed by atoms with E-state index in [1.807, 2.05) is 12.1 Å². The summed E-state index contributed by atoms with van der Waals surface area (Å²) in [5.74, 6) is 0.00585. The topological polar surface area (TPSA) is 70.1 Å². The maximum Gasteiger partial charge on any atom is 0.228 e. The standard InChI is InChI=1S/C12H13N3O/c1-8(7-13)15-11-4-3-10(14)6-9(11)2-5-12(15)16/h3-4,6,8H,2,5,14H2,1H3. The van der Waals surface area contributed by atoms with Crippen molar-refractivity contribution in [2.45, 2.75) is 25.8 Å². The van der Waals surface area contributed by atoms with E-state index in [1.165, 1.54) is 0 Å². The molecule has 1 aliphatic heterocycles. The first-order valence-electron chi connectivity index (χ1n) is 5.23. The number of rotatable bonds is 1. The number of nitrogens with zero attached hydrogens (tertiary/aromatic N) is 2. The molecule has 0 aliphatic carbocycles. The van der Waals surface area contributed by atoms with Crippen molar-refractivity contribution in [1.29, 1.82) is 5.26 Å². The van der Waals surface area contributed by atoms with Crippen LogP contribution in [-0.2, 0) is 11.2 Å². The van der Waals surface area contributed by atoms with Crippen LogP contribution >= 0.6 is 0 Å². The first kappa shape index (κ1) is 10.5. The zero-order valence-corrected chi connectivity index (χ0v) is 9.10. The second kappa shape index (κ2) is 3.86. The molecule has 1 aromatic carbocycles. The molecule has 0 saturated heterocycles. The van der Waals surface area contributed by atoms with Crippen molar-refractivity contribution in [2.75, 3.05) is 10.6 Å². The number of nitrogens with two attached hydrogens (primary N) is 1. The van der Waals surface area contributed by atoms with Gasteiger partial charge in [-0.05, 0) is 37.1 Å². The molecule has 0 radical (unpaired) electrons. The highest BCUT2D eigenvalue weighted by atomic mass is 16.2. The van der Waals surface area contributed by atoms with Crippen LogP contribution in [0.5, 0.6) is 0 Å². The number of anilines is 2. The fraction of sp³-hybridized carbons (Fsp3) is 0.333. The van der Waals surface area contributed by atoms with Gasteiger partial charge in [0.05, 0.1) is 6.07 Å². The highest BCUT2D eigenvalue weighted by Crippen LogP contribution is 2.30. The van der Waals surface area contributed by atoms with Gasteiger partial charge in [0.2, 0.25) is 5.91 Å². The zero-order chi connectivity index (χ0) is 11.7. The number of fused-ring (bicyclic) bond motifs is 1. The number of hydrogen-bond donors (Lipinski definition) is 1. The van der Waals surface area contributed by atoms with Crippen molar-refractivity contribution >= 4 is 17.3 Å². The third kappa shape index (κ3) is 1.61. The van der Waals surface area contributed by atoms with Crippen LogP contribution in [0.25, 0.3) is 0 Å². The maximum atomic E-state index is 11.8. The number of aryl methyl sites for hydroxylation is 1. The SMILES string of the molecule is CC(C#N)N1C(=O)CCc2cc(N)ccc21. The maximum absolute atomic E-state index is 11.8. The quantitative estimate of drug-likeness (QED) is 0.721. The van der Waals surface area contributed by atoms with Crippen molar-refractivity contribution in [2.24, 2.45) is 0 Å². The number of hydrogen-bond acceptors (Lipinski definition) is 3. The van der Waals surface area contributed by atoms with Crippen molar-refractivity contribution in [3.8, 4) is 6.07 Å². The largest absolute Gasteiger partial charge is 0.399 e. The molecule has 4 heteroatoms. The van der Waals surface area contributed by atoms with E-state index in [-0.39, 0.29) is 5.91 Å². The van der Waals surface area contributed by atoms with Crippen LogP contribution in [0.1, 0.15) is 18.9 Å². The van der Waals surface area contributed by atoms with Crippen LogP contribution in [0.4, 0.5) is 11.4 Å². The second-order valence-electron chi connectivity index (χ2n) is 3.96. The second-order valence-corrected chi connectivity index (χ2v) is 3.96. The van der Waals surface area contributed by atoms with Crippen molar-refractivity contribution in [3.05, 3.63) is 23.8 Å². The molecule has 4 nitrogen and oxygen atoms in total. The van der Waals surface area contributed by atoms with Gasteiger partial charge < -0.3 is 5.73 Å². The predicted molar refractivity (Wildman–Crippen MR) is 61.7 cm³/mol. The van der Waals surface area contributed by atoms with Crippen LogP contribution in [0.3, 0.4) is 0 Å². The van der Waals surface area contributed by atoms with E-state index in [2.05, 4.69) is 6.07 Å². The van der Waals surface area contributed by atoms with Gasteiger partial charge in [0.15, 0.2) is 0 Å². The number of amides is 1. The van der Waals surface area contributed by atoms with Crippen LogP contribution in [0.2, 0.25) is 0 Å². The Hall–Kier alpha value is -2.02. The van der Waals surface area contributed by atoms with Crippen LogP contribution in [-0.4, -0.2) is 11.9 Å². The molecule has 1 unspecified atom stereocenters. The molecule has 1 heterocycles. The van der Waals surface area contributed by atoms with Gasteiger partial charge in [-0.15, -0.1) is 0 Å². The lowest BCUT2D eigenvalue weighted by Gasteiger charge is -2.31. The predicted octanol–water partition coefficient (Wildman–Crippen LogP) is 1.46. The number of nitrogen functional groups attached to an aromatic ring is 1. The lowest BCUT2D eigenvalue weighted by atomic mass is 9.99. The first-order valence-corrected chi connectivity index (χ1v) is 5.23. The Morgan fingerprint density at radius 2 is 2.25 bits per heavy atom. The average Bonchev–Trinajstić information content (AvgIpc) is 2.28. The fourth-order valence-corrected chi connectivity index (χ4v) is 2.02. The van der Waals surface area contributed by atoms with Crippen LogP contribution in [0.15, 0.2) is 18.2 Å². The van der Waals surface area contributed by atoms with E-state index in [0.29, 0.717) is 18.5 Å². The van der Waals surface area contributed by atoms with Gasteiger partial charge in [0.1, 0.15) is 6.04 Å². The van der Waals surface area contributed by atoms with E-state index >= 15 is 0 Å². The molecule has 0 saturated carbocycles. The number of benzene rings is 1. The smallest absolute Gasteiger partial charge is 0.228 e. The Morgan fingerprint density at radius 3 is 2.94 bits per heavy atom. The molecule has 0 aromatic heterocycles. The van der Waals surface area contributed by atoms with Crippen molar-refractivity contribution < 1.29 is 4.79 Å². The van der Waals surface area contributed by atoms with E-state index < -0.39 is 6.04 Å². The van der Waals surface area contributed by atoms with Crippen molar-refractivity contribution in [1.82, 2.24) is 0 Å². The summed E-state index contributed by atoms with van der Waals surface area (Å²) in [5, 5.41) is 8.92. The monoisotopic (exact) mass is 215 g/mol. The minimum Gasteiger partial charge on any atom is -0.399 e. The summed E-state index contributed by atoms with van der Waals surface area (Å²) in [7, 11) is 0. The molecule has 2 N–H and O–H groups in total. The Morgan fingerprint density at radius 1 is 1.50 bits per heavy atom. The van der Waals surface area contributed by atoms with Crippen LogP contribution < -0.4 is 10.6 Å². The third-order valence-corrected chi connectivity index (χ3v) is 2.81. The summed E-state index contributed by atoms with van der Waals surface area (Å²) in [5.41, 5.74) is 8.26. The van der Waals surface area contributed by atoms with E-state index in [9.17, 15) is 4.79 Å². The molecule has 1 amide bonds. The van der Waals surface area contributed by atoms with Crippen molar-refractivity contribution in [3.63, 3.8) is 0 Å². The van der Waals surface area contributed by atoms with Gasteiger partial charge in [0.25, 0.3) is 0 Å². The van der Waals surface area contributed by atoms with Gasteiger partial charge >= 0.3 is 0 Å². The zero-order valence-electron chi connectivity index (χ0n) is 9.10. The van der Waals surface area contributed by atoms with Gasteiger partial charge in [-0.3, -0.25) is 9.69 Å². The molecule has 2 rings (SSSR count). The molecule has 1 atom stereocenters. The van der Waals surface area contributed by atoms with Crippen LogP contribution in [0, 0.1) is 11.3 Å². The minimum absolute atomic E-state index is 0.00585. The van der Waals surface area contributed by atoms with E-state index in [1.54, 1.807) is 17.9 Å². The van der Waals surface area contributed by atoms with Gasteiger partial charge in [-0.1, -0.05) is 0 Å². The Bertz CT molecular complexity index is 476. The summed E-state index contributed by atoms with van der Waals surface area (Å²) in [6.07, 6.45) is 1.15. The lowest BCUT2D eigenvalue weighted by molar-refractivity contribution is -0.119. The summed E-state index contributed by atoms with van der Waals surface area (Å²) in [4.78, 5) is 13.3. The molecular weight excluding hydrogens is 202 g/mol. The number of carbonyl (C=O) groups is 1. The summed E-state index contributed by atoms with van der Waals surface area (Å²) < 4.78 is 0. The summed E-state index contributed by atoms with van der Waals surface area (Å²) in [6.45, 7) is 1.73.